The number of carbonyl (C=O) groups excluding carboxylic acids is 1. The number of anilines is 1. The second-order valence-electron chi connectivity index (χ2n) is 10.6. The Balaban J connectivity index is 0.00000210. The van der Waals surface area contributed by atoms with Crippen LogP contribution in [-0.4, -0.2) is 21.8 Å². The van der Waals surface area contributed by atoms with Crippen molar-refractivity contribution in [3.05, 3.63) is 38.8 Å². The predicted molar refractivity (Wildman–Crippen MR) is 140 cm³/mol. The third kappa shape index (κ3) is 6.90. The van der Waals surface area contributed by atoms with Crippen LogP contribution in [0, 0.1) is 30.1 Å². The molecule has 0 saturated heterocycles. The maximum atomic E-state index is 12.7. The Morgan fingerprint density at radius 2 is 2.10 bits per heavy atom. The van der Waals surface area contributed by atoms with E-state index < -0.39 is 7.82 Å². The number of aromatic nitrogens is 1. The normalized spacial score (nSPS) is 28.4. The SMILES string of the molecule is Cc1cnc(NC(=O)CC[C@@H]2C/C(=N\O)[C@@]3(C)CCC4c5ccc(OP(=O)([O-])[O-])c(Br)c5CCC4C23)s1.[Na+].[Na+]. The van der Waals surface area contributed by atoms with Gasteiger partial charge in [0.2, 0.25) is 5.91 Å². The van der Waals surface area contributed by atoms with E-state index in [1.54, 1.807) is 12.3 Å². The number of nitrogens with zero attached hydrogens (tertiary/aromatic N) is 2. The summed E-state index contributed by atoms with van der Waals surface area (Å²) in [5, 5.41) is 17.1. The van der Waals surface area contributed by atoms with Gasteiger partial charge in [0.25, 0.3) is 0 Å². The molecule has 0 bridgehead atoms. The Kier molecular flexibility index (Phi) is 11.5. The van der Waals surface area contributed by atoms with E-state index in [4.69, 9.17) is 0 Å². The summed E-state index contributed by atoms with van der Waals surface area (Å²) >= 11 is 4.93. The molecule has 14 heteroatoms. The minimum atomic E-state index is -5.16. The van der Waals surface area contributed by atoms with Gasteiger partial charge in [0.1, 0.15) is 13.6 Å². The molecule has 0 radical (unpaired) electrons. The van der Waals surface area contributed by atoms with Crippen LogP contribution in [0.4, 0.5) is 5.13 Å². The number of fused-ring (bicyclic) bond motifs is 5. The number of phosphoric ester groups is 1. The molecule has 1 amide bonds. The monoisotopic (exact) mass is 655 g/mol. The van der Waals surface area contributed by atoms with Crippen molar-refractivity contribution >= 4 is 51.8 Å². The van der Waals surface area contributed by atoms with Gasteiger partial charge in [-0.25, -0.2) is 4.98 Å². The summed E-state index contributed by atoms with van der Waals surface area (Å²) in [5.41, 5.74) is 2.74. The molecule has 3 aliphatic rings. The first-order chi connectivity index (χ1) is 17.5. The van der Waals surface area contributed by atoms with Crippen LogP contribution in [0.25, 0.3) is 0 Å². The summed E-state index contributed by atoms with van der Waals surface area (Å²) in [6.45, 7) is 4.15. The zero-order chi connectivity index (χ0) is 26.5. The van der Waals surface area contributed by atoms with E-state index >= 15 is 0 Å². The third-order valence-electron chi connectivity index (χ3n) is 8.62. The molecule has 0 spiro atoms. The molecular weight excluding hydrogens is 627 g/mol. The number of halogens is 1. The van der Waals surface area contributed by atoms with E-state index in [-0.39, 0.29) is 93.9 Å². The number of hydrogen-bond acceptors (Lipinski definition) is 9. The number of hydrogen-bond donors (Lipinski definition) is 2. The number of oxime groups is 1. The molecule has 200 valence electrons. The van der Waals surface area contributed by atoms with E-state index in [0.29, 0.717) is 41.2 Å². The van der Waals surface area contributed by atoms with Crippen LogP contribution in [0.15, 0.2) is 28.0 Å². The summed E-state index contributed by atoms with van der Waals surface area (Å²) in [4.78, 5) is 40.3. The molecule has 3 aliphatic carbocycles. The van der Waals surface area contributed by atoms with Crippen molar-refractivity contribution in [3.63, 3.8) is 0 Å². The van der Waals surface area contributed by atoms with Gasteiger partial charge in [-0.15, -0.1) is 11.3 Å². The van der Waals surface area contributed by atoms with E-state index in [9.17, 15) is 24.4 Å². The molecule has 9 nitrogen and oxygen atoms in total. The second-order valence-corrected chi connectivity index (χ2v) is 13.8. The first kappa shape index (κ1) is 33.7. The first-order valence-corrected chi connectivity index (χ1v) is 15.5. The summed E-state index contributed by atoms with van der Waals surface area (Å²) in [6, 6.07) is 3.44. The number of benzene rings is 1. The Bertz CT molecular complexity index is 1310. The topological polar surface area (TPSA) is 147 Å². The summed E-state index contributed by atoms with van der Waals surface area (Å²) in [6.07, 6.45) is 6.86. The molecule has 2 N–H and O–H groups in total. The average molecular weight is 656 g/mol. The minimum absolute atomic E-state index is 0. The van der Waals surface area contributed by atoms with E-state index in [0.717, 1.165) is 41.0 Å². The first-order valence-electron chi connectivity index (χ1n) is 12.5. The van der Waals surface area contributed by atoms with Crippen molar-refractivity contribution in [1.29, 1.82) is 0 Å². The fourth-order valence-corrected chi connectivity index (χ4v) is 9.05. The zero-order valence-corrected chi connectivity index (χ0v) is 29.9. The molecule has 1 aromatic heterocycles. The molecule has 0 aliphatic heterocycles. The van der Waals surface area contributed by atoms with Crippen LogP contribution >= 0.6 is 35.1 Å². The van der Waals surface area contributed by atoms with Gasteiger partial charge in [0, 0.05) is 22.9 Å². The second kappa shape index (κ2) is 13.2. The number of rotatable bonds is 6. The van der Waals surface area contributed by atoms with Crippen LogP contribution in [0.2, 0.25) is 0 Å². The van der Waals surface area contributed by atoms with Crippen molar-refractivity contribution in [3.8, 4) is 5.75 Å². The summed E-state index contributed by atoms with van der Waals surface area (Å²) in [7, 11) is -5.16. The Morgan fingerprint density at radius 1 is 1.36 bits per heavy atom. The van der Waals surface area contributed by atoms with E-state index in [2.05, 4.69) is 42.8 Å². The smallest absolute Gasteiger partial charge is 0.780 e. The quantitative estimate of drug-likeness (QED) is 0.171. The van der Waals surface area contributed by atoms with Crippen LogP contribution in [0.5, 0.6) is 5.75 Å². The van der Waals surface area contributed by atoms with Gasteiger partial charge in [-0.05, 0) is 102 Å². The van der Waals surface area contributed by atoms with Crippen molar-refractivity contribution in [1.82, 2.24) is 4.98 Å². The minimum Gasteiger partial charge on any atom is -0.780 e. The average Bonchev–Trinajstić information content (AvgIpc) is 3.37. The number of carbonyl (C=O) groups is 1. The predicted octanol–water partition coefficient (Wildman–Crippen LogP) is -1.24. The molecule has 5 rings (SSSR count). The number of thiazole rings is 1. The summed E-state index contributed by atoms with van der Waals surface area (Å²) in [5.74, 6) is 1.04. The van der Waals surface area contributed by atoms with Crippen LogP contribution in [0.1, 0.15) is 67.4 Å². The molecule has 1 heterocycles. The van der Waals surface area contributed by atoms with Crippen molar-refractivity contribution in [2.45, 2.75) is 64.7 Å². The molecule has 1 aromatic carbocycles. The Morgan fingerprint density at radius 3 is 2.74 bits per heavy atom. The maximum absolute atomic E-state index is 12.7. The number of nitrogens with one attached hydrogen (secondary N) is 1. The molecule has 3 unspecified atom stereocenters. The van der Waals surface area contributed by atoms with Crippen LogP contribution < -0.4 is 78.7 Å². The van der Waals surface area contributed by atoms with Gasteiger partial charge in [-0.1, -0.05) is 18.1 Å². The van der Waals surface area contributed by atoms with Crippen LogP contribution in [-0.2, 0) is 15.8 Å². The van der Waals surface area contributed by atoms with Gasteiger partial charge in [0.05, 0.1) is 10.2 Å². The van der Waals surface area contributed by atoms with E-state index in [1.807, 2.05) is 13.0 Å². The van der Waals surface area contributed by atoms with Gasteiger partial charge in [0.15, 0.2) is 5.13 Å². The van der Waals surface area contributed by atoms with Gasteiger partial charge in [-0.2, -0.15) is 0 Å². The molecular formula is C25H29BrN3Na2O6PS. The van der Waals surface area contributed by atoms with Crippen molar-refractivity contribution in [2.24, 2.45) is 28.3 Å². The molecule has 2 aromatic rings. The van der Waals surface area contributed by atoms with E-state index in [1.165, 1.54) is 11.3 Å². The Hall–Kier alpha value is 0.220. The van der Waals surface area contributed by atoms with Gasteiger partial charge < -0.3 is 29.4 Å². The molecule has 5 atom stereocenters. The fraction of sp³-hybridized carbons (Fsp3) is 0.560. The number of aryl methyl sites for hydroxylation is 1. The van der Waals surface area contributed by atoms with Gasteiger partial charge >= 0.3 is 59.1 Å². The van der Waals surface area contributed by atoms with Crippen molar-refractivity contribution < 1.29 is 88.0 Å². The summed E-state index contributed by atoms with van der Waals surface area (Å²) < 4.78 is 16.4. The van der Waals surface area contributed by atoms with Crippen molar-refractivity contribution in [2.75, 3.05) is 5.32 Å². The molecule has 2 saturated carbocycles. The van der Waals surface area contributed by atoms with Crippen LogP contribution in [0.3, 0.4) is 0 Å². The zero-order valence-electron chi connectivity index (χ0n) is 22.6. The number of amides is 1. The maximum Gasteiger partial charge on any atom is 1.00 e. The number of phosphoric acid groups is 1. The standard InChI is InChI=1S/C25H31BrN3O6PS.2Na/c1-13-12-27-24(37-13)28-21(30)8-3-14-11-20(29-31)25(2)10-9-16-15-6-7-19(35-36(32,33)34)23(26)18(15)5-4-17(16)22(14)25;;/h6-7,12,14,16-17,22,31H,3-5,8-11H2,1-2H3,(H,27,28,30)(H2,32,33,34);;/q;2*+1/p-2/b29-20+;;/t14-,16?,17?,22?,25-;;/m1../s1. The van der Waals surface area contributed by atoms with Gasteiger partial charge in [-0.3, -0.25) is 4.79 Å². The molecule has 2 fully saturated rings. The third-order valence-corrected chi connectivity index (χ3v) is 10.7. The molecule has 39 heavy (non-hydrogen) atoms. The Labute approximate surface area is 284 Å². The fourth-order valence-electron chi connectivity index (χ4n) is 7.21. The largest absolute Gasteiger partial charge is 1.00 e.